The van der Waals surface area contributed by atoms with E-state index in [9.17, 15) is 0 Å². The Hall–Kier alpha value is 0.500. The van der Waals surface area contributed by atoms with Crippen molar-refractivity contribution >= 4 is 23.2 Å². The Balaban J connectivity index is 2.24. The zero-order valence-electron chi connectivity index (χ0n) is 5.82. The van der Waals surface area contributed by atoms with Gasteiger partial charge in [0.1, 0.15) is 0 Å². The van der Waals surface area contributed by atoms with Crippen LogP contribution in [0.5, 0.6) is 0 Å². The van der Waals surface area contributed by atoms with Gasteiger partial charge in [0, 0.05) is 26.2 Å². The number of nitrogens with zero attached hydrogens (tertiary/aromatic N) is 1. The average molecular weight is 183 g/mol. The van der Waals surface area contributed by atoms with E-state index >= 15 is 0 Å². The maximum Gasteiger partial charge on any atom is 0.0988 e. The van der Waals surface area contributed by atoms with Gasteiger partial charge in [0.15, 0.2) is 0 Å². The van der Waals surface area contributed by atoms with Crippen molar-refractivity contribution in [2.45, 2.75) is 5.50 Å². The molecular weight excluding hydrogens is 171 g/mol. The lowest BCUT2D eigenvalue weighted by atomic mass is 10.4. The van der Waals surface area contributed by atoms with Crippen molar-refractivity contribution in [1.29, 1.82) is 0 Å². The second-order valence-corrected chi connectivity index (χ2v) is 3.19. The lowest BCUT2D eigenvalue weighted by Crippen LogP contribution is -2.47. The molecule has 1 unspecified atom stereocenters. The van der Waals surface area contributed by atoms with E-state index in [-0.39, 0.29) is 5.50 Å². The fourth-order valence-electron chi connectivity index (χ4n) is 1.06. The Morgan fingerprint density at radius 2 is 2.00 bits per heavy atom. The molecule has 1 rings (SSSR count). The molecule has 0 aromatic heterocycles. The first kappa shape index (κ1) is 8.60. The summed E-state index contributed by atoms with van der Waals surface area (Å²) in [5.41, 5.74) is 0.0174. The van der Waals surface area contributed by atoms with Crippen molar-refractivity contribution in [2.24, 2.45) is 0 Å². The van der Waals surface area contributed by atoms with Crippen molar-refractivity contribution in [3.63, 3.8) is 0 Å². The number of rotatable bonds is 2. The molecule has 0 aromatic carbocycles. The third-order valence-electron chi connectivity index (χ3n) is 1.68. The summed E-state index contributed by atoms with van der Waals surface area (Å²) in [6.45, 7) is 4.09. The molecule has 1 N–H and O–H groups in total. The third kappa shape index (κ3) is 2.27. The van der Waals surface area contributed by atoms with Crippen LogP contribution in [0.2, 0.25) is 0 Å². The summed E-state index contributed by atoms with van der Waals surface area (Å²) in [7, 11) is 0. The third-order valence-corrected chi connectivity index (χ3v) is 2.56. The number of piperazine rings is 1. The van der Waals surface area contributed by atoms with E-state index in [0.717, 1.165) is 26.2 Å². The highest BCUT2D eigenvalue weighted by Crippen LogP contribution is 2.06. The standard InChI is InChI=1S/C6H12Cl2N2/c7-5-6(8)10-3-1-9-2-4-10/h6,9H,1-5H2. The highest BCUT2D eigenvalue weighted by molar-refractivity contribution is 6.27. The van der Waals surface area contributed by atoms with Crippen LogP contribution < -0.4 is 5.32 Å². The molecule has 0 radical (unpaired) electrons. The minimum atomic E-state index is 0.0174. The molecule has 1 atom stereocenters. The zero-order valence-corrected chi connectivity index (χ0v) is 7.33. The molecule has 2 nitrogen and oxygen atoms in total. The van der Waals surface area contributed by atoms with Crippen molar-refractivity contribution in [3.05, 3.63) is 0 Å². The number of halogens is 2. The Bertz CT molecular complexity index is 93.7. The van der Waals surface area contributed by atoms with Gasteiger partial charge in [-0.05, 0) is 0 Å². The maximum atomic E-state index is 5.91. The molecule has 10 heavy (non-hydrogen) atoms. The number of nitrogens with one attached hydrogen (secondary N) is 1. The van der Waals surface area contributed by atoms with Crippen LogP contribution in [0.25, 0.3) is 0 Å². The van der Waals surface area contributed by atoms with Crippen LogP contribution in [0, 0.1) is 0 Å². The molecule has 1 heterocycles. The van der Waals surface area contributed by atoms with E-state index in [1.54, 1.807) is 0 Å². The molecule has 0 amide bonds. The molecule has 0 spiro atoms. The van der Waals surface area contributed by atoms with E-state index < -0.39 is 0 Å². The van der Waals surface area contributed by atoms with Gasteiger partial charge in [0.25, 0.3) is 0 Å². The Kier molecular flexibility index (Phi) is 3.78. The summed E-state index contributed by atoms with van der Waals surface area (Å²) < 4.78 is 0. The molecule has 1 aliphatic rings. The Morgan fingerprint density at radius 3 is 2.50 bits per heavy atom. The van der Waals surface area contributed by atoms with Crippen molar-refractivity contribution in [2.75, 3.05) is 32.1 Å². The second-order valence-electron chi connectivity index (χ2n) is 2.37. The predicted molar refractivity (Wildman–Crippen MR) is 44.8 cm³/mol. The van der Waals surface area contributed by atoms with Gasteiger partial charge in [-0.15, -0.1) is 23.2 Å². The van der Waals surface area contributed by atoms with Crippen LogP contribution in [0.1, 0.15) is 0 Å². The fourth-order valence-corrected chi connectivity index (χ4v) is 1.45. The minimum absolute atomic E-state index is 0.0174. The van der Waals surface area contributed by atoms with E-state index in [4.69, 9.17) is 23.2 Å². The maximum absolute atomic E-state index is 5.91. The van der Waals surface area contributed by atoms with Crippen molar-refractivity contribution < 1.29 is 0 Å². The monoisotopic (exact) mass is 182 g/mol. The molecule has 0 aliphatic carbocycles. The van der Waals surface area contributed by atoms with E-state index in [1.807, 2.05) is 0 Å². The van der Waals surface area contributed by atoms with Gasteiger partial charge >= 0.3 is 0 Å². The van der Waals surface area contributed by atoms with Crippen LogP contribution >= 0.6 is 23.2 Å². The predicted octanol–water partition coefficient (Wildman–Crippen LogP) is 0.695. The normalized spacial score (nSPS) is 24.6. The molecule has 0 bridgehead atoms. The number of hydrogen-bond donors (Lipinski definition) is 1. The molecule has 0 saturated carbocycles. The lowest BCUT2D eigenvalue weighted by molar-refractivity contribution is 0.232. The van der Waals surface area contributed by atoms with Gasteiger partial charge in [-0.25, -0.2) is 0 Å². The molecule has 1 aliphatic heterocycles. The quantitative estimate of drug-likeness (QED) is 0.500. The summed E-state index contributed by atoms with van der Waals surface area (Å²) in [6.07, 6.45) is 0. The van der Waals surface area contributed by atoms with E-state index in [2.05, 4.69) is 10.2 Å². The van der Waals surface area contributed by atoms with Crippen LogP contribution in [0.4, 0.5) is 0 Å². The average Bonchev–Trinajstić information content (AvgIpc) is 2.05. The summed E-state index contributed by atoms with van der Waals surface area (Å²) in [6, 6.07) is 0. The van der Waals surface area contributed by atoms with E-state index in [0.29, 0.717) is 5.88 Å². The van der Waals surface area contributed by atoms with Gasteiger partial charge in [0.2, 0.25) is 0 Å². The Labute approximate surface area is 71.5 Å². The number of alkyl halides is 2. The van der Waals surface area contributed by atoms with Gasteiger partial charge < -0.3 is 5.32 Å². The van der Waals surface area contributed by atoms with Gasteiger partial charge in [0.05, 0.1) is 11.4 Å². The molecule has 0 aromatic rings. The molecule has 4 heteroatoms. The van der Waals surface area contributed by atoms with Gasteiger partial charge in [-0.1, -0.05) is 0 Å². The highest BCUT2D eigenvalue weighted by Gasteiger charge is 2.16. The second kappa shape index (κ2) is 4.39. The highest BCUT2D eigenvalue weighted by atomic mass is 35.5. The van der Waals surface area contributed by atoms with Crippen LogP contribution in [0.3, 0.4) is 0 Å². The van der Waals surface area contributed by atoms with E-state index in [1.165, 1.54) is 0 Å². The summed E-state index contributed by atoms with van der Waals surface area (Å²) in [4.78, 5) is 2.19. The Morgan fingerprint density at radius 1 is 1.40 bits per heavy atom. The summed E-state index contributed by atoms with van der Waals surface area (Å²) in [5.74, 6) is 0.515. The molecule has 1 fully saturated rings. The molecule has 1 saturated heterocycles. The summed E-state index contributed by atoms with van der Waals surface area (Å²) in [5, 5.41) is 3.25. The SMILES string of the molecule is ClCC(Cl)N1CCNCC1. The first-order valence-corrected chi connectivity index (χ1v) is 4.46. The molecule has 60 valence electrons. The topological polar surface area (TPSA) is 15.3 Å². The van der Waals surface area contributed by atoms with Crippen LogP contribution in [-0.2, 0) is 0 Å². The fraction of sp³-hybridized carbons (Fsp3) is 1.00. The van der Waals surface area contributed by atoms with Crippen molar-refractivity contribution in [3.8, 4) is 0 Å². The molecular formula is C6H12Cl2N2. The van der Waals surface area contributed by atoms with Crippen molar-refractivity contribution in [1.82, 2.24) is 10.2 Å². The zero-order chi connectivity index (χ0) is 7.40. The van der Waals surface area contributed by atoms with Crippen LogP contribution in [-0.4, -0.2) is 42.5 Å². The van der Waals surface area contributed by atoms with Crippen LogP contribution in [0.15, 0.2) is 0 Å². The van der Waals surface area contributed by atoms with Gasteiger partial charge in [-0.3, -0.25) is 4.90 Å². The summed E-state index contributed by atoms with van der Waals surface area (Å²) >= 11 is 11.5. The minimum Gasteiger partial charge on any atom is -0.314 e. The number of hydrogen-bond acceptors (Lipinski definition) is 2. The smallest absolute Gasteiger partial charge is 0.0988 e. The van der Waals surface area contributed by atoms with Gasteiger partial charge in [-0.2, -0.15) is 0 Å². The lowest BCUT2D eigenvalue weighted by Gasteiger charge is -2.29. The first-order valence-electron chi connectivity index (χ1n) is 3.49. The first-order chi connectivity index (χ1) is 4.84. The largest absolute Gasteiger partial charge is 0.314 e.